The van der Waals surface area contributed by atoms with Crippen molar-refractivity contribution in [3.8, 4) is 5.75 Å². The van der Waals surface area contributed by atoms with Crippen LogP contribution in [0.5, 0.6) is 5.75 Å². The van der Waals surface area contributed by atoms with Gasteiger partial charge >= 0.3 is 0 Å². The highest BCUT2D eigenvalue weighted by Gasteiger charge is 2.29. The van der Waals surface area contributed by atoms with Gasteiger partial charge in [-0.3, -0.25) is 0 Å². The Morgan fingerprint density at radius 3 is 2.21 bits per heavy atom. The zero-order valence-corrected chi connectivity index (χ0v) is 11.6. The zero-order valence-electron chi connectivity index (χ0n) is 11.6. The maximum atomic E-state index is 6.16. The second-order valence-electron chi connectivity index (χ2n) is 5.18. The van der Waals surface area contributed by atoms with Crippen LogP contribution < -0.4 is 16.2 Å². The second-order valence-corrected chi connectivity index (χ2v) is 5.18. The molecule has 0 spiro atoms. The van der Waals surface area contributed by atoms with Crippen LogP contribution in [-0.4, -0.2) is 7.11 Å². The van der Waals surface area contributed by atoms with Gasteiger partial charge in [0.1, 0.15) is 5.75 Å². The molecule has 4 N–H and O–H groups in total. The number of nitrogens with two attached hydrogens (primary N) is 2. The normalized spacial score (nSPS) is 11.3. The largest absolute Gasteiger partial charge is 0.496 e. The molecule has 0 aliphatic heterocycles. The maximum Gasteiger partial charge on any atom is 0.127 e. The van der Waals surface area contributed by atoms with E-state index in [9.17, 15) is 0 Å². The van der Waals surface area contributed by atoms with Crippen molar-refractivity contribution in [1.29, 1.82) is 0 Å². The van der Waals surface area contributed by atoms with Gasteiger partial charge in [0.2, 0.25) is 0 Å². The highest BCUT2D eigenvalue weighted by atomic mass is 16.5. The van der Waals surface area contributed by atoms with Crippen molar-refractivity contribution in [3.05, 3.63) is 53.6 Å². The van der Waals surface area contributed by atoms with Crippen molar-refractivity contribution in [3.63, 3.8) is 0 Å². The molecule has 0 aliphatic carbocycles. The van der Waals surface area contributed by atoms with Crippen LogP contribution in [0.3, 0.4) is 0 Å². The lowest BCUT2D eigenvalue weighted by Crippen LogP contribution is -2.22. The fourth-order valence-corrected chi connectivity index (χ4v) is 2.49. The Hall–Kier alpha value is -2.16. The molecule has 2 rings (SSSR count). The minimum Gasteiger partial charge on any atom is -0.496 e. The van der Waals surface area contributed by atoms with Gasteiger partial charge in [-0.1, -0.05) is 44.2 Å². The second kappa shape index (κ2) is 4.84. The van der Waals surface area contributed by atoms with Gasteiger partial charge in [0.15, 0.2) is 0 Å². The minimum absolute atomic E-state index is 0.246. The molecule has 100 valence electrons. The molecule has 0 unspecified atom stereocenters. The molecule has 3 heteroatoms. The number of nitrogen functional groups attached to an aromatic ring is 2. The Morgan fingerprint density at radius 1 is 1.00 bits per heavy atom. The third kappa shape index (κ3) is 2.36. The van der Waals surface area contributed by atoms with Crippen molar-refractivity contribution >= 4 is 11.4 Å². The number of methoxy groups -OCH3 is 1. The number of anilines is 2. The molecule has 0 amide bonds. The quantitative estimate of drug-likeness (QED) is 0.829. The highest BCUT2D eigenvalue weighted by Crippen LogP contribution is 2.41. The van der Waals surface area contributed by atoms with Gasteiger partial charge < -0.3 is 16.2 Å². The topological polar surface area (TPSA) is 61.3 Å². The highest BCUT2D eigenvalue weighted by molar-refractivity contribution is 5.67. The van der Waals surface area contributed by atoms with Gasteiger partial charge in [-0.05, 0) is 11.6 Å². The third-order valence-corrected chi connectivity index (χ3v) is 3.50. The predicted octanol–water partition coefficient (Wildman–Crippen LogP) is 3.19. The van der Waals surface area contributed by atoms with E-state index in [1.807, 2.05) is 24.3 Å². The molecule has 0 aliphatic rings. The number of benzene rings is 2. The van der Waals surface area contributed by atoms with Crippen LogP contribution in [-0.2, 0) is 5.41 Å². The minimum atomic E-state index is -0.246. The first-order chi connectivity index (χ1) is 8.96. The van der Waals surface area contributed by atoms with Gasteiger partial charge in [0, 0.05) is 28.4 Å². The molecule has 2 aromatic rings. The molecule has 0 heterocycles. The Morgan fingerprint density at radius 2 is 1.63 bits per heavy atom. The Labute approximate surface area is 114 Å². The van der Waals surface area contributed by atoms with Crippen molar-refractivity contribution in [2.24, 2.45) is 0 Å². The molecular formula is C16H20N2O. The lowest BCUT2D eigenvalue weighted by molar-refractivity contribution is 0.402. The van der Waals surface area contributed by atoms with E-state index < -0.39 is 0 Å². The van der Waals surface area contributed by atoms with Gasteiger partial charge in [-0.15, -0.1) is 0 Å². The Kier molecular flexibility index (Phi) is 3.38. The molecule has 0 radical (unpaired) electrons. The van der Waals surface area contributed by atoms with E-state index in [2.05, 4.69) is 26.0 Å². The van der Waals surface area contributed by atoms with E-state index in [0.717, 1.165) is 11.3 Å². The van der Waals surface area contributed by atoms with Gasteiger partial charge in [0.05, 0.1) is 7.11 Å². The van der Waals surface area contributed by atoms with E-state index in [1.54, 1.807) is 13.2 Å². The fourth-order valence-electron chi connectivity index (χ4n) is 2.49. The molecule has 0 atom stereocenters. The smallest absolute Gasteiger partial charge is 0.127 e. The summed E-state index contributed by atoms with van der Waals surface area (Å²) in [5, 5.41) is 0. The standard InChI is InChI=1S/C16H20N2O/c1-16(2,11-7-5-4-6-8-11)15-13(18)9-12(17)10-14(15)19-3/h4-10H,17-18H2,1-3H3. The van der Waals surface area contributed by atoms with Crippen molar-refractivity contribution in [2.75, 3.05) is 18.6 Å². The molecule has 0 bridgehead atoms. The molecule has 19 heavy (non-hydrogen) atoms. The summed E-state index contributed by atoms with van der Waals surface area (Å²) in [4.78, 5) is 0. The molecule has 2 aromatic carbocycles. The van der Waals surface area contributed by atoms with Crippen molar-refractivity contribution < 1.29 is 4.74 Å². The third-order valence-electron chi connectivity index (χ3n) is 3.50. The molecular weight excluding hydrogens is 236 g/mol. The average Bonchev–Trinajstić information content (AvgIpc) is 2.38. The van der Waals surface area contributed by atoms with E-state index >= 15 is 0 Å². The Bertz CT molecular complexity index is 577. The van der Waals surface area contributed by atoms with Crippen LogP contribution in [0.25, 0.3) is 0 Å². The first-order valence-corrected chi connectivity index (χ1v) is 6.26. The lowest BCUT2D eigenvalue weighted by Gasteiger charge is -2.29. The average molecular weight is 256 g/mol. The van der Waals surface area contributed by atoms with Gasteiger partial charge in [-0.2, -0.15) is 0 Å². The first-order valence-electron chi connectivity index (χ1n) is 6.26. The summed E-state index contributed by atoms with van der Waals surface area (Å²) in [5.41, 5.74) is 15.2. The number of ether oxygens (including phenoxy) is 1. The number of hydrogen-bond donors (Lipinski definition) is 2. The van der Waals surface area contributed by atoms with Crippen LogP contribution in [0.1, 0.15) is 25.0 Å². The van der Waals surface area contributed by atoms with E-state index in [0.29, 0.717) is 11.4 Å². The monoisotopic (exact) mass is 256 g/mol. The first kappa shape index (κ1) is 13.3. The van der Waals surface area contributed by atoms with E-state index in [4.69, 9.17) is 16.2 Å². The van der Waals surface area contributed by atoms with Crippen molar-refractivity contribution in [1.82, 2.24) is 0 Å². The number of rotatable bonds is 3. The lowest BCUT2D eigenvalue weighted by atomic mass is 9.77. The molecule has 3 nitrogen and oxygen atoms in total. The molecule has 0 saturated heterocycles. The summed E-state index contributed by atoms with van der Waals surface area (Å²) in [6.07, 6.45) is 0. The molecule has 0 aromatic heterocycles. The SMILES string of the molecule is COc1cc(N)cc(N)c1C(C)(C)c1ccccc1. The zero-order chi connectivity index (χ0) is 14.0. The van der Waals surface area contributed by atoms with Crippen LogP contribution >= 0.6 is 0 Å². The van der Waals surface area contributed by atoms with Crippen LogP contribution in [0, 0.1) is 0 Å². The van der Waals surface area contributed by atoms with Crippen LogP contribution in [0.4, 0.5) is 11.4 Å². The Balaban J connectivity index is 2.64. The predicted molar refractivity (Wildman–Crippen MR) is 80.4 cm³/mol. The molecule has 0 fully saturated rings. The summed E-state index contributed by atoms with van der Waals surface area (Å²) in [6.45, 7) is 4.26. The summed E-state index contributed by atoms with van der Waals surface area (Å²) in [6, 6.07) is 13.8. The van der Waals surface area contributed by atoms with Gasteiger partial charge in [0.25, 0.3) is 0 Å². The maximum absolute atomic E-state index is 6.16. The summed E-state index contributed by atoms with van der Waals surface area (Å²) < 4.78 is 5.45. The van der Waals surface area contributed by atoms with Crippen molar-refractivity contribution in [2.45, 2.75) is 19.3 Å². The van der Waals surface area contributed by atoms with Crippen LogP contribution in [0.2, 0.25) is 0 Å². The van der Waals surface area contributed by atoms with Gasteiger partial charge in [-0.25, -0.2) is 0 Å². The van der Waals surface area contributed by atoms with Crippen LogP contribution in [0.15, 0.2) is 42.5 Å². The fraction of sp³-hybridized carbons (Fsp3) is 0.250. The summed E-state index contributed by atoms with van der Waals surface area (Å²) in [5.74, 6) is 0.728. The van der Waals surface area contributed by atoms with E-state index in [-0.39, 0.29) is 5.41 Å². The molecule has 0 saturated carbocycles. The summed E-state index contributed by atoms with van der Waals surface area (Å²) in [7, 11) is 1.64. The van der Waals surface area contributed by atoms with E-state index in [1.165, 1.54) is 5.56 Å². The number of hydrogen-bond acceptors (Lipinski definition) is 3. The summed E-state index contributed by atoms with van der Waals surface area (Å²) >= 11 is 0.